The fraction of sp³-hybridized carbons (Fsp3) is 0.0833. The third-order valence-electron chi connectivity index (χ3n) is 10.5. The number of fused-ring (bicyclic) bond motifs is 10. The lowest BCUT2D eigenvalue weighted by Gasteiger charge is -2.19. The quantitative estimate of drug-likeness (QED) is 0.138. The summed E-state index contributed by atoms with van der Waals surface area (Å²) < 4.78 is 4.22. The zero-order chi connectivity index (χ0) is 37.3. The fourth-order valence-corrected chi connectivity index (χ4v) is 7.97. The van der Waals surface area contributed by atoms with Crippen molar-refractivity contribution in [3.05, 3.63) is 186 Å². The van der Waals surface area contributed by atoms with Gasteiger partial charge in [-0.2, -0.15) is 0 Å². The van der Waals surface area contributed by atoms with Gasteiger partial charge in [0.2, 0.25) is 0 Å². The monoisotopic (exact) mass is 702 g/mol. The minimum Gasteiger partial charge on any atom is -0.385 e. The van der Waals surface area contributed by atoms with Crippen LogP contribution in [0.15, 0.2) is 164 Å². The van der Waals surface area contributed by atoms with Crippen LogP contribution in [-0.2, 0) is 5.41 Å². The molecule has 0 unspecified atom stereocenters. The number of aromatic nitrogens is 2. The fourth-order valence-electron chi connectivity index (χ4n) is 7.97. The Hall–Kier alpha value is -6.92. The lowest BCUT2D eigenvalue weighted by Crippen LogP contribution is -2.33. The smallest absolute Gasteiger partial charge is 0.269 e. The molecule has 8 aromatic rings. The average Bonchev–Trinajstić information content (AvgIpc) is 3.80. The molecule has 0 bridgehead atoms. The molecule has 0 aliphatic carbocycles. The number of nitrogens with two attached hydrogens (primary N) is 1. The van der Waals surface area contributed by atoms with Crippen LogP contribution >= 0.6 is 0 Å². The summed E-state index contributed by atoms with van der Waals surface area (Å²) >= 11 is 0. The Balaban J connectivity index is 1.29. The molecule has 0 atom stereocenters. The van der Waals surface area contributed by atoms with Crippen LogP contribution in [0.2, 0.25) is 0 Å². The molecule has 262 valence electrons. The summed E-state index contributed by atoms with van der Waals surface area (Å²) in [5.74, 6) is -0.907. The van der Waals surface area contributed by atoms with E-state index in [1.165, 1.54) is 5.56 Å². The highest BCUT2D eigenvalue weighted by atomic mass is 16.2. The van der Waals surface area contributed by atoms with Crippen LogP contribution in [0.1, 0.15) is 52.6 Å². The summed E-state index contributed by atoms with van der Waals surface area (Å²) in [6.07, 6.45) is 5.18. The third kappa shape index (κ3) is 4.95. The van der Waals surface area contributed by atoms with Crippen molar-refractivity contribution in [2.45, 2.75) is 26.2 Å². The molecule has 9 rings (SSSR count). The van der Waals surface area contributed by atoms with Crippen LogP contribution in [0.5, 0.6) is 0 Å². The van der Waals surface area contributed by atoms with Gasteiger partial charge >= 0.3 is 0 Å². The molecule has 0 saturated carbocycles. The van der Waals surface area contributed by atoms with Crippen molar-refractivity contribution >= 4 is 61.0 Å². The van der Waals surface area contributed by atoms with E-state index in [0.717, 1.165) is 60.0 Å². The third-order valence-corrected chi connectivity index (χ3v) is 10.5. The van der Waals surface area contributed by atoms with E-state index in [1.54, 1.807) is 12.2 Å². The molecule has 2 N–H and O–H groups in total. The van der Waals surface area contributed by atoms with Gasteiger partial charge in [0.15, 0.2) is 0 Å². The normalized spacial score (nSPS) is 13.7. The summed E-state index contributed by atoms with van der Waals surface area (Å²) in [6, 6.07) is 44.7. The number of imide groups is 1. The second kappa shape index (κ2) is 12.3. The molecule has 0 spiro atoms. The topological polar surface area (TPSA) is 73.3 Å². The van der Waals surface area contributed by atoms with Gasteiger partial charge < -0.3 is 14.9 Å². The number of hydrogen-bond donors (Lipinski definition) is 1. The SMILES string of the molecule is C=C(/C=C\C=C(/N)N1C(=O)c2c(c3c(c4ccccc4n3-c3ccccc3)c3c4ccccc4n(-c4ccccc4)c23)C1=O)c1ccc(C(C)(C)C)cc1. The van der Waals surface area contributed by atoms with Gasteiger partial charge in [0.05, 0.1) is 33.2 Å². The number of nitrogens with zero attached hydrogens (tertiary/aromatic N) is 3. The van der Waals surface area contributed by atoms with Crippen molar-refractivity contribution < 1.29 is 9.59 Å². The van der Waals surface area contributed by atoms with E-state index in [0.29, 0.717) is 22.2 Å². The molecule has 0 saturated heterocycles. The molecular weight excluding hydrogens is 665 g/mol. The molecule has 0 fully saturated rings. The molecule has 6 aromatic carbocycles. The van der Waals surface area contributed by atoms with Gasteiger partial charge in [-0.25, -0.2) is 4.90 Å². The van der Waals surface area contributed by atoms with Gasteiger partial charge in [-0.15, -0.1) is 0 Å². The van der Waals surface area contributed by atoms with E-state index in [4.69, 9.17) is 5.73 Å². The predicted octanol–water partition coefficient (Wildman–Crippen LogP) is 10.8. The summed E-state index contributed by atoms with van der Waals surface area (Å²) in [5.41, 5.74) is 15.4. The summed E-state index contributed by atoms with van der Waals surface area (Å²) in [5, 5.41) is 3.79. The maximum absolute atomic E-state index is 15.0. The van der Waals surface area contributed by atoms with Gasteiger partial charge in [0.1, 0.15) is 5.82 Å². The van der Waals surface area contributed by atoms with Gasteiger partial charge in [-0.1, -0.05) is 137 Å². The lowest BCUT2D eigenvalue weighted by molar-refractivity contribution is 0.0703. The molecule has 1 aliphatic heterocycles. The maximum atomic E-state index is 15.0. The summed E-state index contributed by atoms with van der Waals surface area (Å²) in [4.78, 5) is 31.1. The largest absolute Gasteiger partial charge is 0.385 e. The number of amides is 2. The van der Waals surface area contributed by atoms with E-state index < -0.39 is 11.8 Å². The van der Waals surface area contributed by atoms with Gasteiger partial charge in [-0.3, -0.25) is 9.59 Å². The van der Waals surface area contributed by atoms with Gasteiger partial charge in [0, 0.05) is 32.9 Å². The Morgan fingerprint density at radius 2 is 1.06 bits per heavy atom. The van der Waals surface area contributed by atoms with E-state index in [1.807, 2.05) is 91.0 Å². The van der Waals surface area contributed by atoms with Crippen LogP contribution in [0.3, 0.4) is 0 Å². The first-order valence-electron chi connectivity index (χ1n) is 18.1. The first kappa shape index (κ1) is 33.0. The standard InChI is InChI=1S/C48H38N4O2/c1-30(31-26-28-32(29-27-31)48(2,3)4)16-15-25-39(49)52-46(53)42-43(47(52)54)45-41(36-22-12-14-24-38(36)51(45)34-19-9-6-10-20-34)40-35-21-11-13-23-37(35)50(44(40)42)33-17-7-5-8-18-33/h5-29H,1,49H2,2-4H3/b16-15-,39-25+. The molecule has 0 radical (unpaired) electrons. The number of rotatable bonds is 6. The molecular formula is C48H38N4O2. The summed E-state index contributed by atoms with van der Waals surface area (Å²) in [6.45, 7) is 10.8. The van der Waals surface area contributed by atoms with E-state index in [9.17, 15) is 9.59 Å². The van der Waals surface area contributed by atoms with E-state index in [-0.39, 0.29) is 11.2 Å². The number of para-hydroxylation sites is 4. The highest BCUT2D eigenvalue weighted by Gasteiger charge is 2.43. The molecule has 1 aliphatic rings. The lowest BCUT2D eigenvalue weighted by atomic mass is 9.86. The molecule has 3 heterocycles. The maximum Gasteiger partial charge on any atom is 0.269 e. The highest BCUT2D eigenvalue weighted by molar-refractivity contribution is 6.40. The molecule has 6 nitrogen and oxygen atoms in total. The van der Waals surface area contributed by atoms with Crippen molar-refractivity contribution in [3.8, 4) is 11.4 Å². The number of carbonyl (C=O) groups excluding carboxylic acids is 2. The van der Waals surface area contributed by atoms with Crippen LogP contribution in [0.25, 0.3) is 60.6 Å². The van der Waals surface area contributed by atoms with Crippen molar-refractivity contribution in [1.29, 1.82) is 0 Å². The first-order valence-corrected chi connectivity index (χ1v) is 18.1. The predicted molar refractivity (Wildman–Crippen MR) is 221 cm³/mol. The number of allylic oxidation sites excluding steroid dienone is 4. The summed E-state index contributed by atoms with van der Waals surface area (Å²) in [7, 11) is 0. The van der Waals surface area contributed by atoms with Crippen LogP contribution in [0.4, 0.5) is 0 Å². The minimum absolute atomic E-state index is 0.0272. The van der Waals surface area contributed by atoms with Crippen molar-refractivity contribution in [2.24, 2.45) is 5.73 Å². The average molecular weight is 703 g/mol. The van der Waals surface area contributed by atoms with Gasteiger partial charge in [0.25, 0.3) is 11.8 Å². The Labute approximate surface area is 313 Å². The van der Waals surface area contributed by atoms with E-state index >= 15 is 0 Å². The molecule has 2 aromatic heterocycles. The van der Waals surface area contributed by atoms with Crippen molar-refractivity contribution in [3.63, 3.8) is 0 Å². The zero-order valence-corrected chi connectivity index (χ0v) is 30.4. The Morgan fingerprint density at radius 3 is 1.52 bits per heavy atom. The highest BCUT2D eigenvalue weighted by Crippen LogP contribution is 2.48. The first-order chi connectivity index (χ1) is 26.1. The van der Waals surface area contributed by atoms with Crippen molar-refractivity contribution in [1.82, 2.24) is 14.0 Å². The molecule has 2 amide bonds. The van der Waals surface area contributed by atoms with Gasteiger partial charge in [-0.05, 0) is 64.6 Å². The van der Waals surface area contributed by atoms with Crippen LogP contribution in [-0.4, -0.2) is 25.8 Å². The Morgan fingerprint density at radius 1 is 0.611 bits per heavy atom. The molecule has 6 heteroatoms. The minimum atomic E-state index is -0.467. The second-order valence-electron chi connectivity index (χ2n) is 14.8. The van der Waals surface area contributed by atoms with Crippen LogP contribution in [0, 0.1) is 0 Å². The Bertz CT molecular complexity index is 2750. The Kier molecular flexibility index (Phi) is 7.54. The van der Waals surface area contributed by atoms with E-state index in [2.05, 4.69) is 85.0 Å². The van der Waals surface area contributed by atoms with Crippen molar-refractivity contribution in [2.75, 3.05) is 0 Å². The molecule has 54 heavy (non-hydrogen) atoms. The second-order valence-corrected chi connectivity index (χ2v) is 14.8. The zero-order valence-electron chi connectivity index (χ0n) is 30.4. The number of benzene rings is 6. The van der Waals surface area contributed by atoms with Crippen LogP contribution < -0.4 is 5.73 Å². The number of carbonyl (C=O) groups is 2. The number of hydrogen-bond acceptors (Lipinski definition) is 3.